The van der Waals surface area contributed by atoms with Crippen LogP contribution < -0.4 is 0 Å². The second-order valence-electron chi connectivity index (χ2n) is 4.25. The van der Waals surface area contributed by atoms with Gasteiger partial charge in [0.1, 0.15) is 0 Å². The largest absolute Gasteiger partial charge is 0.295 e. The zero-order valence-corrected chi connectivity index (χ0v) is 10.2. The van der Waals surface area contributed by atoms with Gasteiger partial charge in [0, 0.05) is 5.92 Å². The molecule has 0 bridgehead atoms. The summed E-state index contributed by atoms with van der Waals surface area (Å²) in [5, 5.41) is 0. The molecule has 2 rings (SSSR count). The molecule has 2 atom stereocenters. The summed E-state index contributed by atoms with van der Waals surface area (Å²) >= 11 is 0. The highest BCUT2D eigenvalue weighted by atomic mass is 16.1. The predicted octanol–water partition coefficient (Wildman–Crippen LogP) is 3.90. The standard InChI is InChI=1S/C12H16O.C2H6/c1-8-7-12(13)11-6-4-3-5-10(11)9(8)2;1-2/h7,10-11H,2-6H2,1H3;1-2H3. The van der Waals surface area contributed by atoms with E-state index in [1.807, 2.05) is 20.8 Å². The molecule has 1 saturated carbocycles. The van der Waals surface area contributed by atoms with E-state index in [4.69, 9.17) is 0 Å². The lowest BCUT2D eigenvalue weighted by atomic mass is 9.69. The van der Waals surface area contributed by atoms with Gasteiger partial charge in [-0.15, -0.1) is 0 Å². The van der Waals surface area contributed by atoms with Crippen LogP contribution in [-0.2, 0) is 4.79 Å². The van der Waals surface area contributed by atoms with Crippen LogP contribution in [0.15, 0.2) is 23.8 Å². The number of rotatable bonds is 0. The minimum Gasteiger partial charge on any atom is -0.295 e. The van der Waals surface area contributed by atoms with Crippen LogP contribution in [-0.4, -0.2) is 5.78 Å². The third kappa shape index (κ3) is 2.39. The zero-order valence-electron chi connectivity index (χ0n) is 10.2. The van der Waals surface area contributed by atoms with Gasteiger partial charge < -0.3 is 0 Å². The van der Waals surface area contributed by atoms with Crippen LogP contribution in [0.1, 0.15) is 46.5 Å². The van der Waals surface area contributed by atoms with Crippen molar-refractivity contribution in [2.75, 3.05) is 0 Å². The maximum Gasteiger partial charge on any atom is 0.159 e. The molecular formula is C14H22O. The van der Waals surface area contributed by atoms with Gasteiger partial charge in [0.2, 0.25) is 0 Å². The van der Waals surface area contributed by atoms with E-state index >= 15 is 0 Å². The van der Waals surface area contributed by atoms with Crippen LogP contribution in [0.4, 0.5) is 0 Å². The van der Waals surface area contributed by atoms with Gasteiger partial charge in [-0.1, -0.05) is 33.3 Å². The summed E-state index contributed by atoms with van der Waals surface area (Å²) in [4.78, 5) is 11.7. The molecule has 0 aromatic carbocycles. The molecule has 0 heterocycles. The van der Waals surface area contributed by atoms with E-state index in [1.165, 1.54) is 24.8 Å². The van der Waals surface area contributed by atoms with E-state index in [2.05, 4.69) is 6.58 Å². The normalized spacial score (nSPS) is 29.9. The molecule has 1 heteroatoms. The Labute approximate surface area is 93.3 Å². The van der Waals surface area contributed by atoms with Crippen LogP contribution in [0.2, 0.25) is 0 Å². The molecule has 0 N–H and O–H groups in total. The van der Waals surface area contributed by atoms with Crippen molar-refractivity contribution in [1.82, 2.24) is 0 Å². The van der Waals surface area contributed by atoms with Gasteiger partial charge in [-0.3, -0.25) is 4.79 Å². The van der Waals surface area contributed by atoms with Crippen LogP contribution in [0.3, 0.4) is 0 Å². The van der Waals surface area contributed by atoms with Crippen molar-refractivity contribution in [2.45, 2.75) is 46.5 Å². The van der Waals surface area contributed by atoms with E-state index in [1.54, 1.807) is 6.08 Å². The first-order valence-electron chi connectivity index (χ1n) is 6.11. The molecule has 0 aliphatic heterocycles. The van der Waals surface area contributed by atoms with Crippen LogP contribution in [0, 0.1) is 11.8 Å². The Balaban J connectivity index is 0.000000531. The number of hydrogen-bond acceptors (Lipinski definition) is 1. The SMILES string of the molecule is C=C1C(C)=CC(=O)C2CCCCC12.CC. The second kappa shape index (κ2) is 5.29. The van der Waals surface area contributed by atoms with E-state index < -0.39 is 0 Å². The third-order valence-corrected chi connectivity index (χ3v) is 3.44. The molecule has 0 aromatic heterocycles. The molecule has 84 valence electrons. The van der Waals surface area contributed by atoms with Crippen molar-refractivity contribution in [3.63, 3.8) is 0 Å². The molecule has 2 unspecified atom stereocenters. The Bertz CT molecular complexity index is 286. The lowest BCUT2D eigenvalue weighted by molar-refractivity contribution is -0.120. The molecule has 2 aliphatic rings. The van der Waals surface area contributed by atoms with Crippen molar-refractivity contribution in [1.29, 1.82) is 0 Å². The molecule has 2 aliphatic carbocycles. The van der Waals surface area contributed by atoms with Gasteiger partial charge >= 0.3 is 0 Å². The lowest BCUT2D eigenvalue weighted by Crippen LogP contribution is -2.31. The average molecular weight is 206 g/mol. The van der Waals surface area contributed by atoms with Crippen LogP contribution in [0.25, 0.3) is 0 Å². The van der Waals surface area contributed by atoms with E-state index in [9.17, 15) is 4.79 Å². The highest BCUT2D eigenvalue weighted by Gasteiger charge is 2.34. The summed E-state index contributed by atoms with van der Waals surface area (Å²) in [6.45, 7) is 10.1. The Morgan fingerprint density at radius 1 is 1.20 bits per heavy atom. The summed E-state index contributed by atoms with van der Waals surface area (Å²) in [5.41, 5.74) is 2.32. The third-order valence-electron chi connectivity index (χ3n) is 3.44. The molecule has 0 radical (unpaired) electrons. The number of ketones is 1. The fraction of sp³-hybridized carbons (Fsp3) is 0.643. The fourth-order valence-electron chi connectivity index (χ4n) is 2.59. The summed E-state index contributed by atoms with van der Waals surface area (Å²) in [6.07, 6.45) is 6.51. The zero-order chi connectivity index (χ0) is 11.4. The number of fused-ring (bicyclic) bond motifs is 1. The van der Waals surface area contributed by atoms with Crippen molar-refractivity contribution in [3.05, 3.63) is 23.8 Å². The van der Waals surface area contributed by atoms with E-state index in [-0.39, 0.29) is 5.92 Å². The summed E-state index contributed by atoms with van der Waals surface area (Å²) in [5.74, 6) is 1.07. The quantitative estimate of drug-likeness (QED) is 0.587. The van der Waals surface area contributed by atoms with E-state index in [0.29, 0.717) is 11.7 Å². The minimum absolute atomic E-state index is 0.268. The van der Waals surface area contributed by atoms with Gasteiger partial charge in [-0.05, 0) is 42.9 Å². The fourth-order valence-corrected chi connectivity index (χ4v) is 2.59. The molecule has 0 saturated heterocycles. The first-order chi connectivity index (χ1) is 7.20. The number of carbonyl (C=O) groups excluding carboxylic acids is 1. The first kappa shape index (κ1) is 12.2. The number of allylic oxidation sites excluding steroid dienone is 3. The van der Waals surface area contributed by atoms with Gasteiger partial charge in [-0.25, -0.2) is 0 Å². The topological polar surface area (TPSA) is 17.1 Å². The molecule has 15 heavy (non-hydrogen) atoms. The van der Waals surface area contributed by atoms with Crippen molar-refractivity contribution < 1.29 is 4.79 Å². The van der Waals surface area contributed by atoms with Crippen LogP contribution >= 0.6 is 0 Å². The van der Waals surface area contributed by atoms with Gasteiger partial charge in [-0.2, -0.15) is 0 Å². The maximum absolute atomic E-state index is 11.7. The Kier molecular flexibility index (Phi) is 4.31. The highest BCUT2D eigenvalue weighted by Crippen LogP contribution is 2.40. The number of carbonyl (C=O) groups is 1. The van der Waals surface area contributed by atoms with Gasteiger partial charge in [0.15, 0.2) is 5.78 Å². The molecule has 0 amide bonds. The smallest absolute Gasteiger partial charge is 0.159 e. The van der Waals surface area contributed by atoms with Gasteiger partial charge in [0.05, 0.1) is 0 Å². The van der Waals surface area contributed by atoms with Crippen molar-refractivity contribution >= 4 is 5.78 Å². The minimum atomic E-state index is 0.268. The molecular weight excluding hydrogens is 184 g/mol. The molecule has 0 spiro atoms. The monoisotopic (exact) mass is 206 g/mol. The average Bonchev–Trinajstić information content (AvgIpc) is 2.29. The first-order valence-corrected chi connectivity index (χ1v) is 6.11. The van der Waals surface area contributed by atoms with Crippen LogP contribution in [0.5, 0.6) is 0 Å². The Hall–Kier alpha value is -0.850. The highest BCUT2D eigenvalue weighted by molar-refractivity contribution is 5.95. The summed E-state index contributed by atoms with van der Waals surface area (Å²) in [7, 11) is 0. The number of hydrogen-bond donors (Lipinski definition) is 0. The molecule has 1 nitrogen and oxygen atoms in total. The molecule has 1 fully saturated rings. The van der Waals surface area contributed by atoms with Gasteiger partial charge in [0.25, 0.3) is 0 Å². The van der Waals surface area contributed by atoms with E-state index in [0.717, 1.165) is 12.0 Å². The van der Waals surface area contributed by atoms with Crippen molar-refractivity contribution in [2.24, 2.45) is 11.8 Å². The molecule has 0 aromatic rings. The summed E-state index contributed by atoms with van der Waals surface area (Å²) in [6, 6.07) is 0. The lowest BCUT2D eigenvalue weighted by Gasteiger charge is -2.34. The predicted molar refractivity (Wildman–Crippen MR) is 64.7 cm³/mol. The summed E-state index contributed by atoms with van der Waals surface area (Å²) < 4.78 is 0. The Morgan fingerprint density at radius 2 is 1.73 bits per heavy atom. The maximum atomic E-state index is 11.7. The Morgan fingerprint density at radius 3 is 2.33 bits per heavy atom. The van der Waals surface area contributed by atoms with Crippen molar-refractivity contribution in [3.8, 4) is 0 Å². The second-order valence-corrected chi connectivity index (χ2v) is 4.25.